The summed E-state index contributed by atoms with van der Waals surface area (Å²) >= 11 is 0. The molecule has 136 valence electrons. The third kappa shape index (κ3) is 4.36. The summed E-state index contributed by atoms with van der Waals surface area (Å²) in [6, 6.07) is 13.2. The molecule has 7 heteroatoms. The monoisotopic (exact) mass is 373 g/mol. The Labute approximate surface area is 152 Å². The van der Waals surface area contributed by atoms with E-state index in [-0.39, 0.29) is 11.9 Å². The highest BCUT2D eigenvalue weighted by Crippen LogP contribution is 2.19. The number of nitrogens with two attached hydrogens (primary N) is 1. The molecule has 3 aromatic rings. The minimum atomic E-state index is -2.26. The van der Waals surface area contributed by atoms with Crippen LogP contribution in [-0.2, 0) is 22.4 Å². The van der Waals surface area contributed by atoms with E-state index in [0.29, 0.717) is 35.0 Å². The maximum absolute atomic E-state index is 13.7. The molecule has 0 aliphatic rings. The first-order valence-corrected chi connectivity index (χ1v) is 10.2. The zero-order valence-electron chi connectivity index (χ0n) is 14.4. The highest BCUT2D eigenvalue weighted by molar-refractivity contribution is 7.99. The number of aromatic nitrogens is 2. The maximum atomic E-state index is 13.7. The Hall–Kier alpha value is -2.51. The molecule has 1 aromatic heterocycles. The Morgan fingerprint density at radius 2 is 1.88 bits per heavy atom. The topological polar surface area (TPSA) is 82.0 Å². The van der Waals surface area contributed by atoms with Gasteiger partial charge in [-0.2, -0.15) is 4.98 Å². The molecule has 0 spiro atoms. The van der Waals surface area contributed by atoms with E-state index in [0.717, 1.165) is 5.56 Å². The molecule has 5 nitrogen and oxygen atoms in total. The first-order chi connectivity index (χ1) is 12.3. The van der Waals surface area contributed by atoms with Crippen LogP contribution in [0.2, 0.25) is 0 Å². The Morgan fingerprint density at radius 3 is 2.54 bits per heavy atom. The number of hydrogen-bond acceptors (Lipinski definition) is 5. The highest BCUT2D eigenvalue weighted by atomic mass is 32.2. The van der Waals surface area contributed by atoms with Crippen molar-refractivity contribution in [2.75, 3.05) is 6.26 Å². The number of rotatable bonds is 6. The fourth-order valence-electron chi connectivity index (χ4n) is 2.59. The van der Waals surface area contributed by atoms with Crippen LogP contribution in [0.15, 0.2) is 57.9 Å². The Morgan fingerprint density at radius 1 is 1.19 bits per heavy atom. The lowest BCUT2D eigenvalue weighted by atomic mass is 10.0. The number of benzene rings is 2. The average molecular weight is 373 g/mol. The summed E-state index contributed by atoms with van der Waals surface area (Å²) in [4.78, 5) is 5.00. The van der Waals surface area contributed by atoms with Gasteiger partial charge in [-0.1, -0.05) is 23.4 Å². The maximum Gasteiger partial charge on any atom is 0.228 e. The molecule has 2 N–H and O–H groups in total. The van der Waals surface area contributed by atoms with E-state index in [1.165, 1.54) is 6.07 Å². The zero-order valence-corrected chi connectivity index (χ0v) is 15.2. The lowest BCUT2D eigenvalue weighted by molar-refractivity contribution is 0.368. The second kappa shape index (κ2) is 7.39. The molecule has 0 fully saturated rings. The molecular formula is C19H20FN3O2S. The third-order valence-electron chi connectivity index (χ3n) is 3.96. The van der Waals surface area contributed by atoms with Gasteiger partial charge in [0.05, 0.1) is 0 Å². The summed E-state index contributed by atoms with van der Waals surface area (Å²) in [5.41, 5.74) is 7.40. The molecule has 2 atom stereocenters. The molecule has 1 heterocycles. The van der Waals surface area contributed by atoms with Gasteiger partial charge in [-0.3, -0.25) is 4.21 Å². The molecule has 26 heavy (non-hydrogen) atoms. The van der Waals surface area contributed by atoms with E-state index in [9.17, 15) is 8.60 Å². The van der Waals surface area contributed by atoms with Crippen molar-refractivity contribution in [2.45, 2.75) is 23.8 Å². The van der Waals surface area contributed by atoms with E-state index in [1.54, 1.807) is 48.7 Å². The molecule has 3 rings (SSSR count). The van der Waals surface area contributed by atoms with Gasteiger partial charge >= 0.3 is 0 Å². The summed E-state index contributed by atoms with van der Waals surface area (Å²) in [6.45, 7) is 0. The number of hydrogen-bond donors (Lipinski definition) is 1. The van der Waals surface area contributed by atoms with Crippen molar-refractivity contribution in [3.8, 4) is 11.4 Å². The van der Waals surface area contributed by atoms with Gasteiger partial charge < -0.3 is 10.3 Å². The normalized spacial score (nSPS) is 14.7. The minimum absolute atomic E-state index is 0.271. The molecule has 1 unspecified atom stereocenters. The van der Waals surface area contributed by atoms with Crippen molar-refractivity contribution >= 4 is 15.4 Å². The molecule has 0 saturated carbocycles. The van der Waals surface area contributed by atoms with Crippen molar-refractivity contribution in [1.82, 2.24) is 10.1 Å². The van der Waals surface area contributed by atoms with Gasteiger partial charge in [0, 0.05) is 29.2 Å². The largest absolute Gasteiger partial charge is 0.339 e. The van der Waals surface area contributed by atoms with Gasteiger partial charge in [0.2, 0.25) is 11.7 Å². The van der Waals surface area contributed by atoms with Gasteiger partial charge in [0.25, 0.3) is 0 Å². The van der Waals surface area contributed by atoms with Gasteiger partial charge in [-0.05, 0) is 57.7 Å². The smallest absolute Gasteiger partial charge is 0.228 e. The van der Waals surface area contributed by atoms with Crippen molar-refractivity contribution in [3.63, 3.8) is 0 Å². The lowest BCUT2D eigenvalue weighted by Gasteiger charge is -2.09. The second-order valence-corrected chi connectivity index (χ2v) is 8.78. The summed E-state index contributed by atoms with van der Waals surface area (Å²) in [5, 5.41) is 3.95. The van der Waals surface area contributed by atoms with Gasteiger partial charge in [0.15, 0.2) is 0 Å². The SMILES string of the molecule is C=S(C)(=O)c1ccc(-c2noc(C[C@H](N)Cc3ccccc3F)n2)cc1. The van der Waals surface area contributed by atoms with E-state index in [2.05, 4.69) is 16.0 Å². The minimum Gasteiger partial charge on any atom is -0.339 e. The van der Waals surface area contributed by atoms with Crippen molar-refractivity contribution in [2.24, 2.45) is 5.73 Å². The van der Waals surface area contributed by atoms with Crippen LogP contribution in [0.4, 0.5) is 4.39 Å². The summed E-state index contributed by atoms with van der Waals surface area (Å²) < 4.78 is 30.9. The van der Waals surface area contributed by atoms with Crippen LogP contribution in [0.5, 0.6) is 0 Å². The predicted molar refractivity (Wildman–Crippen MR) is 101 cm³/mol. The van der Waals surface area contributed by atoms with Crippen LogP contribution in [0, 0.1) is 5.82 Å². The highest BCUT2D eigenvalue weighted by Gasteiger charge is 2.14. The summed E-state index contributed by atoms with van der Waals surface area (Å²) in [6.07, 6.45) is 2.32. The molecule has 0 saturated heterocycles. The Kier molecular flexibility index (Phi) is 5.20. The molecular weight excluding hydrogens is 353 g/mol. The van der Waals surface area contributed by atoms with E-state index in [4.69, 9.17) is 10.3 Å². The van der Waals surface area contributed by atoms with E-state index in [1.807, 2.05) is 0 Å². The van der Waals surface area contributed by atoms with Crippen LogP contribution in [0.25, 0.3) is 11.4 Å². The van der Waals surface area contributed by atoms with Crippen LogP contribution < -0.4 is 5.73 Å². The first kappa shape index (κ1) is 18.3. The number of halogens is 1. The molecule has 0 radical (unpaired) electrons. The third-order valence-corrected chi connectivity index (χ3v) is 5.23. The fraction of sp³-hybridized carbons (Fsp3) is 0.211. The predicted octanol–water partition coefficient (Wildman–Crippen LogP) is 2.69. The number of nitrogens with zero attached hydrogens (tertiary/aromatic N) is 2. The first-order valence-electron chi connectivity index (χ1n) is 8.07. The Bertz CT molecular complexity index is 998. The van der Waals surface area contributed by atoms with Crippen LogP contribution in [0.1, 0.15) is 11.5 Å². The standard InChI is InChI=1S/C19H20FN3O2S/c1-26(2,24)16-9-7-13(8-10-16)19-22-18(25-23-19)12-15(21)11-14-5-3-4-6-17(14)20/h3-10,15H,1,11-12,21H2,2H3/t15-,26?/m1/s1. The average Bonchev–Trinajstić information content (AvgIpc) is 3.05. The van der Waals surface area contributed by atoms with E-state index >= 15 is 0 Å². The van der Waals surface area contributed by atoms with Crippen molar-refractivity contribution in [1.29, 1.82) is 0 Å². The summed E-state index contributed by atoms with van der Waals surface area (Å²) in [7, 11) is -2.26. The van der Waals surface area contributed by atoms with Crippen LogP contribution in [-0.4, -0.2) is 32.5 Å². The van der Waals surface area contributed by atoms with Gasteiger partial charge in [0.1, 0.15) is 5.82 Å². The fourth-order valence-corrected chi connectivity index (χ4v) is 3.30. The van der Waals surface area contributed by atoms with Gasteiger partial charge in [-0.15, -0.1) is 0 Å². The molecule has 0 bridgehead atoms. The molecule has 2 aromatic carbocycles. The second-order valence-electron chi connectivity index (χ2n) is 6.30. The summed E-state index contributed by atoms with van der Waals surface area (Å²) in [5.74, 6) is 4.21. The zero-order chi connectivity index (χ0) is 18.7. The van der Waals surface area contributed by atoms with Crippen LogP contribution >= 0.6 is 0 Å². The Balaban J connectivity index is 1.69. The molecule has 0 aliphatic heterocycles. The molecule has 0 amide bonds. The van der Waals surface area contributed by atoms with Crippen molar-refractivity contribution in [3.05, 3.63) is 65.8 Å². The van der Waals surface area contributed by atoms with Crippen LogP contribution in [0.3, 0.4) is 0 Å². The molecule has 0 aliphatic carbocycles. The lowest BCUT2D eigenvalue weighted by Crippen LogP contribution is -2.26. The van der Waals surface area contributed by atoms with Gasteiger partial charge in [-0.25, -0.2) is 4.39 Å². The van der Waals surface area contributed by atoms with Crippen molar-refractivity contribution < 1.29 is 13.1 Å². The van der Waals surface area contributed by atoms with E-state index < -0.39 is 9.52 Å². The quantitative estimate of drug-likeness (QED) is 0.672.